The van der Waals surface area contributed by atoms with Crippen molar-refractivity contribution in [1.29, 1.82) is 0 Å². The van der Waals surface area contributed by atoms with Crippen molar-refractivity contribution in [3.63, 3.8) is 0 Å². The van der Waals surface area contributed by atoms with Crippen molar-refractivity contribution in [2.45, 2.75) is 50.7 Å². The second-order valence-corrected chi connectivity index (χ2v) is 9.23. The van der Waals surface area contributed by atoms with E-state index in [1.54, 1.807) is 12.1 Å². The van der Waals surface area contributed by atoms with Crippen molar-refractivity contribution in [1.82, 2.24) is 5.32 Å². The van der Waals surface area contributed by atoms with Crippen molar-refractivity contribution < 1.29 is 19.1 Å². The van der Waals surface area contributed by atoms with E-state index in [0.717, 1.165) is 24.0 Å². The zero-order valence-corrected chi connectivity index (χ0v) is 19.4. The molecule has 2 aromatic rings. The largest absolute Gasteiger partial charge is 0.467 e. The molecule has 0 aliphatic heterocycles. The van der Waals surface area contributed by atoms with E-state index in [4.69, 9.17) is 32.7 Å². The summed E-state index contributed by atoms with van der Waals surface area (Å²) in [5.74, 6) is -0.310. The first-order valence-electron chi connectivity index (χ1n) is 10.3. The molecule has 0 radical (unpaired) electrons. The highest BCUT2D eigenvalue weighted by atomic mass is 35.5. The van der Waals surface area contributed by atoms with Gasteiger partial charge in [0.05, 0.1) is 7.11 Å². The second kappa shape index (κ2) is 9.92. The number of hydrogen-bond donors (Lipinski definition) is 1. The molecule has 1 aliphatic rings. The van der Waals surface area contributed by atoms with Crippen LogP contribution in [0.4, 0.5) is 4.79 Å². The molecule has 0 heterocycles. The third-order valence-electron chi connectivity index (χ3n) is 5.55. The molecule has 5 nitrogen and oxygen atoms in total. The molecule has 0 aromatic heterocycles. The zero-order chi connectivity index (χ0) is 22.6. The quantitative estimate of drug-likeness (QED) is 0.481. The summed E-state index contributed by atoms with van der Waals surface area (Å²) in [5, 5.41) is 3.86. The number of carbonyl (C=O) groups is 2. The SMILES string of the molecule is COC(=O)[C@H](CC(C)C)NC(=O)OC(c1cccc(Cl)c1)C1(c2cccc(Cl)c2)CC1. The maximum Gasteiger partial charge on any atom is 0.408 e. The van der Waals surface area contributed by atoms with Crippen LogP contribution in [0.5, 0.6) is 0 Å². The molecule has 1 fully saturated rings. The molecule has 166 valence electrons. The molecule has 2 aromatic carbocycles. The molecule has 7 heteroatoms. The molecule has 1 aliphatic carbocycles. The highest BCUT2D eigenvalue weighted by Crippen LogP contribution is 2.58. The zero-order valence-electron chi connectivity index (χ0n) is 17.9. The van der Waals surface area contributed by atoms with Gasteiger partial charge >= 0.3 is 12.1 Å². The van der Waals surface area contributed by atoms with Crippen molar-refractivity contribution in [3.8, 4) is 0 Å². The Morgan fingerprint density at radius 2 is 1.71 bits per heavy atom. The Hall–Kier alpha value is -2.24. The first-order valence-corrected chi connectivity index (χ1v) is 11.1. The summed E-state index contributed by atoms with van der Waals surface area (Å²) in [6.07, 6.45) is 0.869. The van der Waals surface area contributed by atoms with Crippen LogP contribution in [-0.2, 0) is 19.7 Å². The fourth-order valence-corrected chi connectivity index (χ4v) is 4.30. The van der Waals surface area contributed by atoms with E-state index in [0.29, 0.717) is 16.5 Å². The highest BCUT2D eigenvalue weighted by molar-refractivity contribution is 6.30. The lowest BCUT2D eigenvalue weighted by molar-refractivity contribution is -0.143. The number of benzene rings is 2. The van der Waals surface area contributed by atoms with Gasteiger partial charge in [-0.05, 0) is 60.6 Å². The standard InChI is InChI=1S/C24H27Cl2NO4/c1-15(2)12-20(22(28)30-3)27-23(29)31-21(16-6-4-8-18(25)13-16)24(10-11-24)17-7-5-9-19(26)14-17/h4-9,13-15,20-21H,10-12H2,1-3H3,(H,27,29)/t20-,21?/m0/s1. The van der Waals surface area contributed by atoms with Crippen LogP contribution >= 0.6 is 23.2 Å². The number of methoxy groups -OCH3 is 1. The number of esters is 1. The van der Waals surface area contributed by atoms with Gasteiger partial charge in [-0.1, -0.05) is 61.3 Å². The van der Waals surface area contributed by atoms with Crippen molar-refractivity contribution >= 4 is 35.3 Å². The number of rotatable bonds is 8. The Morgan fingerprint density at radius 1 is 1.06 bits per heavy atom. The van der Waals surface area contributed by atoms with Crippen molar-refractivity contribution in [3.05, 3.63) is 69.7 Å². The molecule has 1 N–H and O–H groups in total. The minimum atomic E-state index is -0.779. The number of alkyl carbamates (subject to hydrolysis) is 1. The Labute approximate surface area is 193 Å². The molecule has 31 heavy (non-hydrogen) atoms. The third kappa shape index (κ3) is 5.72. The van der Waals surface area contributed by atoms with Gasteiger partial charge in [0.25, 0.3) is 0 Å². The fraction of sp³-hybridized carbons (Fsp3) is 0.417. The van der Waals surface area contributed by atoms with Gasteiger partial charge in [-0.2, -0.15) is 0 Å². The summed E-state index contributed by atoms with van der Waals surface area (Å²) in [6.45, 7) is 3.94. The van der Waals surface area contributed by atoms with Crippen LogP contribution in [0.2, 0.25) is 10.0 Å². The second-order valence-electron chi connectivity index (χ2n) is 8.36. The average Bonchev–Trinajstić information content (AvgIpc) is 3.52. The maximum absolute atomic E-state index is 12.9. The highest BCUT2D eigenvalue weighted by Gasteiger charge is 2.53. The summed E-state index contributed by atoms with van der Waals surface area (Å²) in [5.41, 5.74) is 1.40. The van der Waals surface area contributed by atoms with Gasteiger partial charge in [-0.15, -0.1) is 0 Å². The molecule has 0 bridgehead atoms. The molecule has 1 unspecified atom stereocenters. The van der Waals surface area contributed by atoms with Gasteiger partial charge in [-0.3, -0.25) is 0 Å². The van der Waals surface area contributed by atoms with E-state index in [1.165, 1.54) is 7.11 Å². The summed E-state index contributed by atoms with van der Waals surface area (Å²) in [4.78, 5) is 25.0. The van der Waals surface area contributed by atoms with Gasteiger partial charge in [0.1, 0.15) is 12.1 Å². The molecule has 2 atom stereocenters. The third-order valence-corrected chi connectivity index (χ3v) is 6.02. The molecule has 3 rings (SSSR count). The first kappa shape index (κ1) is 23.4. The van der Waals surface area contributed by atoms with Gasteiger partial charge in [0, 0.05) is 15.5 Å². The van der Waals surface area contributed by atoms with Crippen LogP contribution < -0.4 is 5.32 Å². The molecule has 0 spiro atoms. The molecular formula is C24H27Cl2NO4. The first-order chi connectivity index (χ1) is 14.7. The normalized spacial score (nSPS) is 16.3. The topological polar surface area (TPSA) is 64.6 Å². The van der Waals surface area contributed by atoms with Gasteiger partial charge < -0.3 is 14.8 Å². The monoisotopic (exact) mass is 463 g/mol. The van der Waals surface area contributed by atoms with Crippen LogP contribution in [0.3, 0.4) is 0 Å². The van der Waals surface area contributed by atoms with Crippen molar-refractivity contribution in [2.75, 3.05) is 7.11 Å². The van der Waals surface area contributed by atoms with E-state index < -0.39 is 29.6 Å². The van der Waals surface area contributed by atoms with Crippen LogP contribution in [0.15, 0.2) is 48.5 Å². The smallest absolute Gasteiger partial charge is 0.408 e. The van der Waals surface area contributed by atoms with E-state index in [1.807, 2.05) is 50.2 Å². The predicted molar refractivity (Wildman–Crippen MR) is 121 cm³/mol. The van der Waals surface area contributed by atoms with Crippen molar-refractivity contribution in [2.24, 2.45) is 5.92 Å². The number of halogens is 2. The van der Waals surface area contributed by atoms with E-state index >= 15 is 0 Å². The predicted octanol–water partition coefficient (Wildman–Crippen LogP) is 6.08. The number of amides is 1. The lowest BCUT2D eigenvalue weighted by Gasteiger charge is -2.29. The summed E-state index contributed by atoms with van der Waals surface area (Å²) < 4.78 is 10.8. The lowest BCUT2D eigenvalue weighted by Crippen LogP contribution is -2.43. The van der Waals surface area contributed by atoms with Crippen LogP contribution in [-0.4, -0.2) is 25.2 Å². The molecule has 1 amide bonds. The summed E-state index contributed by atoms with van der Waals surface area (Å²) in [6, 6.07) is 14.1. The van der Waals surface area contributed by atoms with E-state index in [9.17, 15) is 9.59 Å². The molecule has 1 saturated carbocycles. The van der Waals surface area contributed by atoms with Gasteiger partial charge in [0.15, 0.2) is 0 Å². The number of hydrogen-bond acceptors (Lipinski definition) is 4. The van der Waals surface area contributed by atoms with Crippen LogP contribution in [0.1, 0.15) is 50.3 Å². The Bertz CT molecular complexity index is 943. The maximum atomic E-state index is 12.9. The van der Waals surface area contributed by atoms with Gasteiger partial charge in [0.2, 0.25) is 0 Å². The number of carbonyl (C=O) groups excluding carboxylic acids is 2. The van der Waals surface area contributed by atoms with Crippen LogP contribution in [0.25, 0.3) is 0 Å². The van der Waals surface area contributed by atoms with E-state index in [2.05, 4.69) is 5.32 Å². The molecule has 0 saturated heterocycles. The van der Waals surface area contributed by atoms with E-state index in [-0.39, 0.29) is 5.92 Å². The lowest BCUT2D eigenvalue weighted by atomic mass is 9.86. The Balaban J connectivity index is 1.89. The Morgan fingerprint density at radius 3 is 2.26 bits per heavy atom. The average molecular weight is 464 g/mol. The number of nitrogens with one attached hydrogen (secondary N) is 1. The minimum Gasteiger partial charge on any atom is -0.467 e. The summed E-state index contributed by atoms with van der Waals surface area (Å²) in [7, 11) is 1.30. The van der Waals surface area contributed by atoms with Gasteiger partial charge in [-0.25, -0.2) is 9.59 Å². The molecular weight excluding hydrogens is 437 g/mol. The van der Waals surface area contributed by atoms with Crippen LogP contribution in [0, 0.1) is 5.92 Å². The summed E-state index contributed by atoms with van der Waals surface area (Å²) >= 11 is 12.5. The Kier molecular flexibility index (Phi) is 7.50. The number of ether oxygens (including phenoxy) is 2. The minimum absolute atomic E-state index is 0.189. The fourth-order valence-electron chi connectivity index (χ4n) is 3.92.